The maximum Gasteiger partial charge on any atom is 0.273 e. The van der Waals surface area contributed by atoms with Gasteiger partial charge in [0.15, 0.2) is 0 Å². The maximum absolute atomic E-state index is 12.1. The van der Waals surface area contributed by atoms with Crippen molar-refractivity contribution in [1.29, 1.82) is 0 Å². The summed E-state index contributed by atoms with van der Waals surface area (Å²) in [6.07, 6.45) is 4.50. The number of nitro benzene ring substituents is 1. The molecule has 2 aromatic rings. The first-order valence-corrected chi connectivity index (χ1v) is 11.4. The Balaban J connectivity index is 0.00000193. The summed E-state index contributed by atoms with van der Waals surface area (Å²) in [5, 5.41) is 23.8. The Hall–Kier alpha value is -1.70. The third kappa shape index (κ3) is 6.46. The van der Waals surface area contributed by atoms with Gasteiger partial charge in [-0.1, -0.05) is 61.7 Å². The monoisotopic (exact) mass is 495 g/mol. The van der Waals surface area contributed by atoms with E-state index in [4.69, 9.17) is 0 Å². The van der Waals surface area contributed by atoms with Crippen LogP contribution < -0.4 is 0 Å². The number of likely N-dealkylation sites (N-methyl/N-ethyl adjacent to an activating group) is 1. The lowest BCUT2D eigenvalue weighted by Crippen LogP contribution is -2.50. The van der Waals surface area contributed by atoms with Crippen LogP contribution in [0.1, 0.15) is 43.6 Å². The number of halogens is 2. The van der Waals surface area contributed by atoms with Gasteiger partial charge in [-0.3, -0.25) is 10.1 Å². The smallest absolute Gasteiger partial charge is 0.273 e. The molecule has 8 heteroatoms. The molecule has 1 unspecified atom stereocenters. The van der Waals surface area contributed by atoms with Gasteiger partial charge >= 0.3 is 0 Å². The average Bonchev–Trinajstić information content (AvgIpc) is 2.79. The molecule has 2 aliphatic rings. The first-order valence-electron chi connectivity index (χ1n) is 11.4. The van der Waals surface area contributed by atoms with E-state index in [-0.39, 0.29) is 41.3 Å². The lowest BCUT2D eigenvalue weighted by Gasteiger charge is -2.43. The van der Waals surface area contributed by atoms with Crippen LogP contribution in [0.25, 0.3) is 11.1 Å². The van der Waals surface area contributed by atoms with E-state index in [1.165, 1.54) is 0 Å². The molecule has 1 N–H and O–H groups in total. The topological polar surface area (TPSA) is 69.9 Å². The van der Waals surface area contributed by atoms with E-state index in [0.717, 1.165) is 56.6 Å². The molecule has 1 saturated carbocycles. The van der Waals surface area contributed by atoms with Crippen molar-refractivity contribution in [2.75, 3.05) is 39.8 Å². The van der Waals surface area contributed by atoms with E-state index in [2.05, 4.69) is 16.8 Å². The summed E-state index contributed by atoms with van der Waals surface area (Å²) in [4.78, 5) is 16.5. The lowest BCUT2D eigenvalue weighted by atomic mass is 9.72. The van der Waals surface area contributed by atoms with Gasteiger partial charge in [0.05, 0.1) is 10.5 Å². The zero-order chi connectivity index (χ0) is 21.8. The van der Waals surface area contributed by atoms with Crippen molar-refractivity contribution in [2.24, 2.45) is 0 Å². The predicted molar refractivity (Wildman–Crippen MR) is 138 cm³/mol. The normalized spacial score (nSPS) is 19.7. The molecule has 1 atom stereocenters. The van der Waals surface area contributed by atoms with Gasteiger partial charge in [-0.2, -0.15) is 0 Å². The van der Waals surface area contributed by atoms with Gasteiger partial charge in [-0.15, -0.1) is 24.8 Å². The Morgan fingerprint density at radius 1 is 0.970 bits per heavy atom. The van der Waals surface area contributed by atoms with Gasteiger partial charge in [0.2, 0.25) is 0 Å². The third-order valence-electron chi connectivity index (χ3n) is 7.11. The molecule has 0 radical (unpaired) electrons. The van der Waals surface area contributed by atoms with Crippen molar-refractivity contribution in [3.05, 3.63) is 64.2 Å². The molecule has 6 nitrogen and oxygen atoms in total. The SMILES string of the molecule is CN1CCN(CC(c2ccc(-c3ccccc3)cc2[N+](=O)[O-])C2(O)CCCCC2)CC1.Cl.Cl. The fourth-order valence-electron chi connectivity index (χ4n) is 5.17. The highest BCUT2D eigenvalue weighted by molar-refractivity contribution is 5.85. The standard InChI is InChI=1S/C25H33N3O3.2ClH/c1-26-14-16-27(17-15-26)19-23(25(29)12-6-3-7-13-25)22-11-10-21(18-24(22)28(30)31)20-8-4-2-5-9-20;;/h2,4-5,8-11,18,23,29H,3,6-7,12-17,19H2,1H3;2*1H. The van der Waals surface area contributed by atoms with Gasteiger partial charge in [-0.05, 0) is 31.0 Å². The van der Waals surface area contributed by atoms with Crippen LogP contribution in [0.5, 0.6) is 0 Å². The zero-order valence-corrected chi connectivity index (χ0v) is 20.8. The molecule has 1 saturated heterocycles. The number of piperazine rings is 1. The minimum atomic E-state index is -0.888. The fourth-order valence-corrected chi connectivity index (χ4v) is 5.17. The summed E-state index contributed by atoms with van der Waals surface area (Å²) >= 11 is 0. The molecular weight excluding hydrogens is 461 g/mol. The van der Waals surface area contributed by atoms with Gasteiger partial charge in [0.1, 0.15) is 0 Å². The van der Waals surface area contributed by atoms with Crippen molar-refractivity contribution in [3.8, 4) is 11.1 Å². The molecule has 0 spiro atoms. The molecule has 1 aliphatic carbocycles. The number of aliphatic hydroxyl groups is 1. The second-order valence-corrected chi connectivity index (χ2v) is 9.22. The number of nitro groups is 1. The highest BCUT2D eigenvalue weighted by Crippen LogP contribution is 2.44. The first-order chi connectivity index (χ1) is 15.0. The first kappa shape index (κ1) is 27.5. The van der Waals surface area contributed by atoms with Crippen LogP contribution in [0, 0.1) is 10.1 Å². The molecular formula is C25H35Cl2N3O3. The van der Waals surface area contributed by atoms with E-state index >= 15 is 0 Å². The largest absolute Gasteiger partial charge is 0.389 e. The second-order valence-electron chi connectivity index (χ2n) is 9.22. The minimum Gasteiger partial charge on any atom is -0.389 e. The minimum absolute atomic E-state index is 0. The Bertz CT molecular complexity index is 899. The summed E-state index contributed by atoms with van der Waals surface area (Å²) in [5.41, 5.74) is 1.71. The Labute approximate surface area is 208 Å². The van der Waals surface area contributed by atoms with E-state index < -0.39 is 5.60 Å². The van der Waals surface area contributed by atoms with Gasteiger partial charge in [0.25, 0.3) is 5.69 Å². The van der Waals surface area contributed by atoms with E-state index in [1.54, 1.807) is 6.07 Å². The van der Waals surface area contributed by atoms with Crippen LogP contribution in [0.2, 0.25) is 0 Å². The molecule has 182 valence electrons. The van der Waals surface area contributed by atoms with Gasteiger partial charge in [0, 0.05) is 50.3 Å². The number of hydrogen-bond donors (Lipinski definition) is 1. The highest BCUT2D eigenvalue weighted by atomic mass is 35.5. The maximum atomic E-state index is 12.1. The van der Waals surface area contributed by atoms with Crippen LogP contribution in [-0.2, 0) is 0 Å². The summed E-state index contributed by atoms with van der Waals surface area (Å²) in [6.45, 7) is 4.49. The number of nitrogens with zero attached hydrogens (tertiary/aromatic N) is 3. The molecule has 1 heterocycles. The van der Waals surface area contributed by atoms with E-state index in [0.29, 0.717) is 24.9 Å². The number of benzene rings is 2. The fraction of sp³-hybridized carbons (Fsp3) is 0.520. The van der Waals surface area contributed by atoms with Crippen molar-refractivity contribution in [2.45, 2.75) is 43.6 Å². The van der Waals surface area contributed by atoms with Crippen LogP contribution in [-0.4, -0.2) is 65.2 Å². The Morgan fingerprint density at radius 2 is 1.61 bits per heavy atom. The summed E-state index contributed by atoms with van der Waals surface area (Å²) in [5.74, 6) is -0.263. The average molecular weight is 496 g/mol. The molecule has 0 bridgehead atoms. The second kappa shape index (κ2) is 12.1. The van der Waals surface area contributed by atoms with Crippen molar-refractivity contribution < 1.29 is 10.0 Å². The van der Waals surface area contributed by atoms with Crippen LogP contribution in [0.15, 0.2) is 48.5 Å². The van der Waals surface area contributed by atoms with Gasteiger partial charge < -0.3 is 14.9 Å². The molecule has 33 heavy (non-hydrogen) atoms. The van der Waals surface area contributed by atoms with Gasteiger partial charge in [-0.25, -0.2) is 0 Å². The van der Waals surface area contributed by atoms with E-state index in [1.807, 2.05) is 42.5 Å². The van der Waals surface area contributed by atoms with Crippen molar-refractivity contribution in [3.63, 3.8) is 0 Å². The Kier molecular flexibility index (Phi) is 10.1. The van der Waals surface area contributed by atoms with Crippen molar-refractivity contribution >= 4 is 30.5 Å². The highest BCUT2D eigenvalue weighted by Gasteiger charge is 2.42. The lowest BCUT2D eigenvalue weighted by molar-refractivity contribution is -0.386. The molecule has 0 aromatic heterocycles. The predicted octanol–water partition coefficient (Wildman–Crippen LogP) is 5.13. The molecule has 2 aromatic carbocycles. The van der Waals surface area contributed by atoms with Crippen LogP contribution in [0.4, 0.5) is 5.69 Å². The summed E-state index contributed by atoms with van der Waals surface area (Å²) in [6, 6.07) is 15.3. The Morgan fingerprint density at radius 3 is 2.21 bits per heavy atom. The third-order valence-corrected chi connectivity index (χ3v) is 7.11. The summed E-state index contributed by atoms with van der Waals surface area (Å²) < 4.78 is 0. The molecule has 0 amide bonds. The molecule has 4 rings (SSSR count). The van der Waals surface area contributed by atoms with Crippen LogP contribution >= 0.6 is 24.8 Å². The van der Waals surface area contributed by atoms with Crippen molar-refractivity contribution in [1.82, 2.24) is 9.80 Å². The number of rotatable bonds is 6. The number of hydrogen-bond acceptors (Lipinski definition) is 5. The zero-order valence-electron chi connectivity index (χ0n) is 19.2. The molecule has 2 fully saturated rings. The summed E-state index contributed by atoms with van der Waals surface area (Å²) in [7, 11) is 2.12. The van der Waals surface area contributed by atoms with Crippen LogP contribution in [0.3, 0.4) is 0 Å². The quantitative estimate of drug-likeness (QED) is 0.444. The molecule has 1 aliphatic heterocycles. The van der Waals surface area contributed by atoms with E-state index in [9.17, 15) is 15.2 Å².